The van der Waals surface area contributed by atoms with Crippen molar-refractivity contribution in [2.24, 2.45) is 0 Å². The van der Waals surface area contributed by atoms with Crippen LogP contribution in [0.15, 0.2) is 12.1 Å². The number of hydrogen-bond acceptors (Lipinski definition) is 2. The molecule has 0 aliphatic carbocycles. The number of fused-ring (bicyclic) bond motifs is 3. The van der Waals surface area contributed by atoms with Crippen LogP contribution in [0.4, 0.5) is 4.79 Å². The summed E-state index contributed by atoms with van der Waals surface area (Å²) in [4.78, 5) is 24.6. The molecule has 3 rings (SSSR count). The van der Waals surface area contributed by atoms with Crippen molar-refractivity contribution >= 4 is 23.6 Å². The topological polar surface area (TPSA) is 69.6 Å². The summed E-state index contributed by atoms with van der Waals surface area (Å²) in [6.45, 7) is 2.76. The average Bonchev–Trinajstić information content (AvgIpc) is 2.82. The van der Waals surface area contributed by atoms with Crippen LogP contribution in [-0.2, 0) is 6.42 Å². The maximum Gasteiger partial charge on any atom is 0.407 e. The molecule has 0 radical (unpaired) electrons. The minimum Gasteiger partial charge on any atom is -0.465 e. The maximum absolute atomic E-state index is 12.2. The minimum absolute atomic E-state index is 0.0113. The Labute approximate surface area is 121 Å². The Morgan fingerprint density at radius 2 is 2.25 bits per heavy atom. The molecule has 20 heavy (non-hydrogen) atoms. The van der Waals surface area contributed by atoms with Crippen LogP contribution in [0.2, 0.25) is 5.02 Å². The van der Waals surface area contributed by atoms with Crippen molar-refractivity contribution in [3.8, 4) is 0 Å². The molecule has 0 bridgehead atoms. The van der Waals surface area contributed by atoms with E-state index >= 15 is 0 Å². The summed E-state index contributed by atoms with van der Waals surface area (Å²) in [7, 11) is 0. The number of carbonyl (C=O) groups excluding carboxylic acids is 1. The molecule has 2 aliphatic rings. The summed E-state index contributed by atoms with van der Waals surface area (Å²) >= 11 is 6.22. The third kappa shape index (κ3) is 1.93. The fourth-order valence-electron chi connectivity index (χ4n) is 3.08. The number of hydrogen-bond donors (Lipinski definition) is 2. The molecule has 1 saturated heterocycles. The van der Waals surface area contributed by atoms with Gasteiger partial charge < -0.3 is 15.3 Å². The number of halogens is 1. The number of rotatable bonds is 1. The molecule has 2 aliphatic heterocycles. The van der Waals surface area contributed by atoms with Crippen molar-refractivity contribution in [3.63, 3.8) is 0 Å². The van der Waals surface area contributed by atoms with Crippen molar-refractivity contribution in [2.75, 3.05) is 13.1 Å². The molecule has 6 heteroatoms. The molecule has 1 aromatic rings. The van der Waals surface area contributed by atoms with Gasteiger partial charge in [-0.2, -0.15) is 0 Å². The molecule has 0 aromatic heterocycles. The van der Waals surface area contributed by atoms with E-state index in [4.69, 9.17) is 16.7 Å². The van der Waals surface area contributed by atoms with E-state index in [1.807, 2.05) is 19.1 Å². The van der Waals surface area contributed by atoms with Gasteiger partial charge in [-0.15, -0.1) is 0 Å². The van der Waals surface area contributed by atoms with Crippen molar-refractivity contribution in [1.82, 2.24) is 10.2 Å². The van der Waals surface area contributed by atoms with Crippen LogP contribution in [-0.4, -0.2) is 41.1 Å². The van der Waals surface area contributed by atoms with Gasteiger partial charge in [0.05, 0.1) is 16.6 Å². The third-order valence-electron chi connectivity index (χ3n) is 4.12. The Bertz CT molecular complexity index is 602. The largest absolute Gasteiger partial charge is 0.465 e. The van der Waals surface area contributed by atoms with E-state index in [1.54, 1.807) is 0 Å². The van der Waals surface area contributed by atoms with Crippen molar-refractivity contribution < 1.29 is 14.7 Å². The molecule has 106 valence electrons. The van der Waals surface area contributed by atoms with E-state index in [0.717, 1.165) is 17.5 Å². The van der Waals surface area contributed by atoms with Crippen LogP contribution >= 0.6 is 11.6 Å². The second-order valence-electron chi connectivity index (χ2n) is 5.27. The number of nitrogens with one attached hydrogen (secondary N) is 1. The van der Waals surface area contributed by atoms with E-state index in [9.17, 15) is 9.59 Å². The van der Waals surface area contributed by atoms with Gasteiger partial charge in [-0.25, -0.2) is 4.79 Å². The lowest BCUT2D eigenvalue weighted by molar-refractivity contribution is 0.0921. The number of nitrogens with zero attached hydrogens (tertiary/aromatic N) is 1. The summed E-state index contributed by atoms with van der Waals surface area (Å²) in [6.07, 6.45) is -0.123. The zero-order valence-electron chi connectivity index (χ0n) is 11.0. The molecule has 2 amide bonds. The molecule has 1 fully saturated rings. The van der Waals surface area contributed by atoms with Crippen LogP contribution in [0.1, 0.15) is 34.3 Å². The highest BCUT2D eigenvalue weighted by atomic mass is 35.5. The second kappa shape index (κ2) is 4.66. The first-order valence-corrected chi connectivity index (χ1v) is 7.00. The highest BCUT2D eigenvalue weighted by Gasteiger charge is 2.42. The first-order chi connectivity index (χ1) is 9.51. The van der Waals surface area contributed by atoms with Crippen molar-refractivity contribution in [2.45, 2.75) is 25.3 Å². The zero-order chi connectivity index (χ0) is 14.4. The Balaban J connectivity index is 2.07. The fourth-order valence-corrected chi connectivity index (χ4v) is 3.42. The molecule has 2 unspecified atom stereocenters. The summed E-state index contributed by atoms with van der Waals surface area (Å²) in [5.41, 5.74) is 2.44. The van der Waals surface area contributed by atoms with Crippen LogP contribution in [0.3, 0.4) is 0 Å². The van der Waals surface area contributed by atoms with Gasteiger partial charge in [-0.3, -0.25) is 4.79 Å². The molecule has 2 atom stereocenters. The van der Waals surface area contributed by atoms with E-state index in [2.05, 4.69) is 5.32 Å². The van der Waals surface area contributed by atoms with Gasteiger partial charge in [0.25, 0.3) is 5.91 Å². The number of carboxylic acid groups (broad SMARTS) is 1. The monoisotopic (exact) mass is 294 g/mol. The zero-order valence-corrected chi connectivity index (χ0v) is 11.8. The molecular weight excluding hydrogens is 280 g/mol. The van der Waals surface area contributed by atoms with Gasteiger partial charge in [0.1, 0.15) is 0 Å². The predicted molar refractivity (Wildman–Crippen MR) is 74.4 cm³/mol. The highest BCUT2D eigenvalue weighted by Crippen LogP contribution is 2.37. The van der Waals surface area contributed by atoms with Gasteiger partial charge in [-0.05, 0) is 23.6 Å². The maximum atomic E-state index is 12.2. The number of carbonyl (C=O) groups is 2. The lowest BCUT2D eigenvalue weighted by atomic mass is 9.85. The Morgan fingerprint density at radius 3 is 2.90 bits per heavy atom. The summed E-state index contributed by atoms with van der Waals surface area (Å²) < 4.78 is 0. The SMILES string of the molecule is CCc1cc(Cl)c2c(c1)C1CN(C(=O)O)CC1NC2=O. The van der Waals surface area contributed by atoms with E-state index in [-0.39, 0.29) is 17.9 Å². The first kappa shape index (κ1) is 13.2. The van der Waals surface area contributed by atoms with Crippen LogP contribution in [0.25, 0.3) is 0 Å². The van der Waals surface area contributed by atoms with Gasteiger partial charge in [0, 0.05) is 19.0 Å². The summed E-state index contributed by atoms with van der Waals surface area (Å²) in [5.74, 6) is -0.219. The number of benzene rings is 1. The Morgan fingerprint density at radius 1 is 1.50 bits per heavy atom. The first-order valence-electron chi connectivity index (χ1n) is 6.62. The molecule has 2 N–H and O–H groups in total. The number of amides is 2. The van der Waals surface area contributed by atoms with Crippen molar-refractivity contribution in [3.05, 3.63) is 33.8 Å². The molecular formula is C14H15ClN2O3. The minimum atomic E-state index is -0.951. The molecule has 1 aromatic carbocycles. The van der Waals surface area contributed by atoms with Crippen LogP contribution < -0.4 is 5.32 Å². The summed E-state index contributed by atoms with van der Waals surface area (Å²) in [6, 6.07) is 3.64. The fraction of sp³-hybridized carbons (Fsp3) is 0.429. The Hall–Kier alpha value is -1.75. The Kier molecular flexibility index (Phi) is 3.09. The van der Waals surface area contributed by atoms with E-state index < -0.39 is 6.09 Å². The predicted octanol–water partition coefficient (Wildman–Crippen LogP) is 2.09. The normalized spacial score (nSPS) is 24.1. The van der Waals surface area contributed by atoms with Crippen molar-refractivity contribution in [1.29, 1.82) is 0 Å². The van der Waals surface area contributed by atoms with E-state index in [0.29, 0.717) is 23.7 Å². The smallest absolute Gasteiger partial charge is 0.407 e. The van der Waals surface area contributed by atoms with Crippen LogP contribution in [0, 0.1) is 0 Å². The highest BCUT2D eigenvalue weighted by molar-refractivity contribution is 6.34. The lowest BCUT2D eigenvalue weighted by Crippen LogP contribution is -2.44. The van der Waals surface area contributed by atoms with Gasteiger partial charge in [0.15, 0.2) is 0 Å². The second-order valence-corrected chi connectivity index (χ2v) is 5.68. The molecule has 2 heterocycles. The van der Waals surface area contributed by atoms with Crippen LogP contribution in [0.5, 0.6) is 0 Å². The van der Waals surface area contributed by atoms with Gasteiger partial charge >= 0.3 is 6.09 Å². The van der Waals surface area contributed by atoms with E-state index in [1.165, 1.54) is 4.90 Å². The lowest BCUT2D eigenvalue weighted by Gasteiger charge is -2.28. The summed E-state index contributed by atoms with van der Waals surface area (Å²) in [5, 5.41) is 12.4. The molecule has 5 nitrogen and oxygen atoms in total. The third-order valence-corrected chi connectivity index (χ3v) is 4.42. The van der Waals surface area contributed by atoms with Gasteiger partial charge in [-0.1, -0.05) is 24.6 Å². The van der Waals surface area contributed by atoms with Gasteiger partial charge in [0.2, 0.25) is 0 Å². The quantitative estimate of drug-likeness (QED) is 0.833. The molecule has 0 saturated carbocycles. The molecule has 0 spiro atoms. The standard InChI is InChI=1S/C14H15ClN2O3/c1-2-7-3-8-9-5-17(14(19)20)6-11(9)16-13(18)12(8)10(15)4-7/h3-4,9,11H,2,5-6H2,1H3,(H,16,18)(H,19,20). The number of likely N-dealkylation sites (tertiary alicyclic amines) is 1. The number of aryl methyl sites for hydroxylation is 1. The average molecular weight is 295 g/mol.